The summed E-state index contributed by atoms with van der Waals surface area (Å²) in [7, 11) is 0. The summed E-state index contributed by atoms with van der Waals surface area (Å²) in [6.07, 6.45) is 0.999. The minimum absolute atomic E-state index is 0.116. The van der Waals surface area contributed by atoms with E-state index < -0.39 is 0 Å². The van der Waals surface area contributed by atoms with E-state index in [9.17, 15) is 4.39 Å². The maximum atomic E-state index is 13.5. The van der Waals surface area contributed by atoms with Gasteiger partial charge >= 0.3 is 0 Å². The Morgan fingerprint density at radius 2 is 1.94 bits per heavy atom. The van der Waals surface area contributed by atoms with Gasteiger partial charge in [-0.15, -0.1) is 0 Å². The molecule has 0 spiro atoms. The molecule has 2 rings (SSSR count). The van der Waals surface area contributed by atoms with Crippen LogP contribution in [-0.2, 0) is 6.42 Å². The maximum absolute atomic E-state index is 13.5. The van der Waals surface area contributed by atoms with Gasteiger partial charge in [0.2, 0.25) is 0 Å². The van der Waals surface area contributed by atoms with Gasteiger partial charge in [0.15, 0.2) is 0 Å². The van der Waals surface area contributed by atoms with Crippen LogP contribution in [0.2, 0.25) is 0 Å². The van der Waals surface area contributed by atoms with Crippen LogP contribution in [0.25, 0.3) is 5.57 Å². The van der Waals surface area contributed by atoms with E-state index in [0.717, 1.165) is 23.1 Å². The van der Waals surface area contributed by atoms with Gasteiger partial charge in [0.1, 0.15) is 5.82 Å². The lowest BCUT2D eigenvalue weighted by Gasteiger charge is -2.27. The lowest BCUT2D eigenvalue weighted by molar-refractivity contribution is 0.309. The molecule has 16 heavy (non-hydrogen) atoms. The molecule has 1 aliphatic rings. The first-order valence-corrected chi connectivity index (χ1v) is 5.79. The molecule has 0 amide bonds. The molecular weight excluding hydrogens is 199 g/mol. The summed E-state index contributed by atoms with van der Waals surface area (Å²) in [5.74, 6) is 0.318. The average molecular weight is 218 g/mol. The molecule has 1 heteroatoms. The number of rotatable bonds is 0. The van der Waals surface area contributed by atoms with Gasteiger partial charge in [-0.25, -0.2) is 4.39 Å². The summed E-state index contributed by atoms with van der Waals surface area (Å²) in [6.45, 7) is 12.6. The van der Waals surface area contributed by atoms with Crippen molar-refractivity contribution in [3.63, 3.8) is 0 Å². The zero-order valence-corrected chi connectivity index (χ0v) is 10.5. The molecule has 0 heterocycles. The van der Waals surface area contributed by atoms with Crippen LogP contribution >= 0.6 is 0 Å². The fourth-order valence-electron chi connectivity index (χ4n) is 2.57. The normalized spacial score (nSPS) is 20.1. The monoisotopic (exact) mass is 218 g/mol. The van der Waals surface area contributed by atoms with Crippen LogP contribution in [0.1, 0.15) is 37.5 Å². The Hall–Kier alpha value is -1.11. The Labute approximate surface area is 97.2 Å². The zero-order valence-electron chi connectivity index (χ0n) is 10.5. The summed E-state index contributed by atoms with van der Waals surface area (Å²) < 4.78 is 13.5. The number of hydrogen-bond acceptors (Lipinski definition) is 0. The van der Waals surface area contributed by atoms with Gasteiger partial charge in [0, 0.05) is 0 Å². The highest BCUT2D eigenvalue weighted by Gasteiger charge is 2.34. The molecule has 0 saturated heterocycles. The highest BCUT2D eigenvalue weighted by molar-refractivity contribution is 5.73. The largest absolute Gasteiger partial charge is 0.207 e. The van der Waals surface area contributed by atoms with Crippen molar-refractivity contribution in [2.75, 3.05) is 0 Å². The molecule has 1 aliphatic carbocycles. The van der Waals surface area contributed by atoms with Crippen LogP contribution in [0.15, 0.2) is 18.7 Å². The molecule has 1 atom stereocenters. The van der Waals surface area contributed by atoms with Crippen LogP contribution < -0.4 is 0 Å². The molecule has 0 saturated carbocycles. The molecule has 86 valence electrons. The van der Waals surface area contributed by atoms with Crippen molar-refractivity contribution in [2.45, 2.75) is 34.1 Å². The Balaban J connectivity index is 2.47. The highest BCUT2D eigenvalue weighted by Crippen LogP contribution is 2.45. The lowest BCUT2D eigenvalue weighted by atomic mass is 9.77. The van der Waals surface area contributed by atoms with Crippen molar-refractivity contribution >= 4 is 5.57 Å². The molecule has 0 fully saturated rings. The molecule has 0 radical (unpaired) electrons. The first-order chi connectivity index (χ1) is 7.30. The highest BCUT2D eigenvalue weighted by atomic mass is 19.1. The number of allylic oxidation sites excluding steroid dienone is 1. The molecule has 0 N–H and O–H groups in total. The second kappa shape index (κ2) is 3.44. The van der Waals surface area contributed by atoms with Crippen LogP contribution in [0.5, 0.6) is 0 Å². The Morgan fingerprint density at radius 1 is 1.31 bits per heavy atom. The van der Waals surface area contributed by atoms with E-state index in [-0.39, 0.29) is 11.2 Å². The predicted molar refractivity (Wildman–Crippen MR) is 66.8 cm³/mol. The topological polar surface area (TPSA) is 0 Å². The minimum Gasteiger partial charge on any atom is -0.207 e. The van der Waals surface area contributed by atoms with Crippen LogP contribution in [0, 0.1) is 24.1 Å². The quantitative estimate of drug-likeness (QED) is 0.606. The third-order valence-corrected chi connectivity index (χ3v) is 3.62. The number of hydrogen-bond donors (Lipinski definition) is 0. The summed E-state index contributed by atoms with van der Waals surface area (Å²) in [5, 5.41) is 0. The summed E-state index contributed by atoms with van der Waals surface area (Å²) in [5.41, 5.74) is 4.31. The summed E-state index contributed by atoms with van der Waals surface area (Å²) in [6, 6.07) is 3.63. The van der Waals surface area contributed by atoms with E-state index in [1.54, 1.807) is 6.07 Å². The van der Waals surface area contributed by atoms with Crippen molar-refractivity contribution in [1.29, 1.82) is 0 Å². The number of fused-ring (bicyclic) bond motifs is 1. The van der Waals surface area contributed by atoms with E-state index in [0.29, 0.717) is 5.92 Å². The third-order valence-electron chi connectivity index (χ3n) is 3.62. The van der Waals surface area contributed by atoms with Gasteiger partial charge in [0.05, 0.1) is 0 Å². The lowest BCUT2D eigenvalue weighted by Crippen LogP contribution is -2.19. The maximum Gasteiger partial charge on any atom is 0.126 e. The number of aryl methyl sites for hydroxylation is 1. The van der Waals surface area contributed by atoms with Crippen molar-refractivity contribution in [1.82, 2.24) is 0 Å². The third kappa shape index (κ3) is 1.68. The summed E-state index contributed by atoms with van der Waals surface area (Å²) in [4.78, 5) is 0. The molecule has 1 aromatic carbocycles. The number of halogens is 1. The Bertz CT molecular complexity index is 449. The Morgan fingerprint density at radius 3 is 2.50 bits per heavy atom. The van der Waals surface area contributed by atoms with Crippen molar-refractivity contribution in [2.24, 2.45) is 11.3 Å². The van der Waals surface area contributed by atoms with Gasteiger partial charge < -0.3 is 0 Å². The van der Waals surface area contributed by atoms with E-state index in [1.807, 2.05) is 13.0 Å². The first kappa shape index (κ1) is 11.4. The van der Waals surface area contributed by atoms with Crippen LogP contribution in [0.4, 0.5) is 4.39 Å². The van der Waals surface area contributed by atoms with E-state index in [2.05, 4.69) is 27.4 Å². The van der Waals surface area contributed by atoms with E-state index >= 15 is 0 Å². The zero-order chi connectivity index (χ0) is 12.1. The van der Waals surface area contributed by atoms with Gasteiger partial charge in [-0.2, -0.15) is 0 Å². The van der Waals surface area contributed by atoms with Crippen molar-refractivity contribution in [3.05, 3.63) is 41.2 Å². The second-order valence-electron chi connectivity index (χ2n) is 5.91. The molecule has 0 aromatic heterocycles. The molecular formula is C15H19F. The van der Waals surface area contributed by atoms with E-state index in [4.69, 9.17) is 0 Å². The average Bonchev–Trinajstić information content (AvgIpc) is 2.45. The van der Waals surface area contributed by atoms with Crippen molar-refractivity contribution in [3.8, 4) is 0 Å². The second-order valence-corrected chi connectivity index (χ2v) is 5.91. The summed E-state index contributed by atoms with van der Waals surface area (Å²) >= 11 is 0. The van der Waals surface area contributed by atoms with Crippen molar-refractivity contribution < 1.29 is 4.39 Å². The molecule has 1 aromatic rings. The molecule has 0 aliphatic heterocycles. The van der Waals surface area contributed by atoms with Gasteiger partial charge in [0.25, 0.3) is 0 Å². The standard InChI is InChI=1S/C15H19F/c1-9-6-11-7-13(15(3,4)5)10(2)12(11)8-14(9)16/h6,8,13H,2,7H2,1,3-5H3. The van der Waals surface area contributed by atoms with Crippen LogP contribution in [-0.4, -0.2) is 0 Å². The fourth-order valence-corrected chi connectivity index (χ4v) is 2.57. The van der Waals surface area contributed by atoms with Gasteiger partial charge in [-0.05, 0) is 53.0 Å². The fraction of sp³-hybridized carbons (Fsp3) is 0.467. The van der Waals surface area contributed by atoms with E-state index in [1.165, 1.54) is 5.56 Å². The smallest absolute Gasteiger partial charge is 0.126 e. The molecule has 1 unspecified atom stereocenters. The molecule has 0 bridgehead atoms. The predicted octanol–water partition coefficient (Wildman–Crippen LogP) is 4.37. The Kier molecular flexibility index (Phi) is 2.45. The first-order valence-electron chi connectivity index (χ1n) is 5.79. The van der Waals surface area contributed by atoms with Gasteiger partial charge in [-0.3, -0.25) is 0 Å². The molecule has 0 nitrogen and oxygen atoms in total. The van der Waals surface area contributed by atoms with Crippen LogP contribution in [0.3, 0.4) is 0 Å². The SMILES string of the molecule is C=C1c2cc(F)c(C)cc2CC1C(C)(C)C. The minimum atomic E-state index is -0.116. The number of benzene rings is 1. The van der Waals surface area contributed by atoms with Gasteiger partial charge in [-0.1, -0.05) is 33.4 Å².